The van der Waals surface area contributed by atoms with Crippen LogP contribution in [0.5, 0.6) is 0 Å². The lowest BCUT2D eigenvalue weighted by atomic mass is 9.86. The molecule has 7 heteroatoms. The molecule has 0 aromatic carbocycles. The second kappa shape index (κ2) is 9.55. The standard InChI is InChI=1S/C19H33N3O4/c23-18(24)15-1-3-16(4-2-15)21-19(25)22-11-7-17(8-12-22)26-13-14-5-9-20-10-6-14/h14-17,20H,1-13H2,(H,21,25)(H,23,24)/t15-,16-. The largest absolute Gasteiger partial charge is 0.481 e. The zero-order valence-electron chi connectivity index (χ0n) is 15.6. The zero-order valence-corrected chi connectivity index (χ0v) is 15.6. The van der Waals surface area contributed by atoms with Crippen LogP contribution in [0.25, 0.3) is 0 Å². The Kier molecular flexibility index (Phi) is 7.14. The van der Waals surface area contributed by atoms with Gasteiger partial charge < -0.3 is 25.4 Å². The lowest BCUT2D eigenvalue weighted by Gasteiger charge is -2.35. The van der Waals surface area contributed by atoms with Crippen LogP contribution in [-0.2, 0) is 9.53 Å². The minimum atomic E-state index is -0.707. The maximum absolute atomic E-state index is 12.4. The van der Waals surface area contributed by atoms with Crippen molar-refractivity contribution in [3.63, 3.8) is 0 Å². The summed E-state index contributed by atoms with van der Waals surface area (Å²) in [5.74, 6) is -0.268. The highest BCUT2D eigenvalue weighted by molar-refractivity contribution is 5.74. The molecule has 0 atom stereocenters. The van der Waals surface area contributed by atoms with Crippen LogP contribution >= 0.6 is 0 Å². The summed E-state index contributed by atoms with van der Waals surface area (Å²) in [6.07, 6.45) is 7.34. The maximum atomic E-state index is 12.4. The number of aliphatic carboxylic acids is 1. The van der Waals surface area contributed by atoms with Crippen molar-refractivity contribution in [3.8, 4) is 0 Å². The summed E-state index contributed by atoms with van der Waals surface area (Å²) in [7, 11) is 0. The molecule has 26 heavy (non-hydrogen) atoms. The highest BCUT2D eigenvalue weighted by atomic mass is 16.5. The van der Waals surface area contributed by atoms with Crippen molar-refractivity contribution >= 4 is 12.0 Å². The highest BCUT2D eigenvalue weighted by Crippen LogP contribution is 2.25. The number of hydrogen-bond acceptors (Lipinski definition) is 4. The van der Waals surface area contributed by atoms with E-state index >= 15 is 0 Å². The molecular formula is C19H33N3O4. The van der Waals surface area contributed by atoms with Gasteiger partial charge in [-0.3, -0.25) is 4.79 Å². The molecule has 2 saturated heterocycles. The number of ether oxygens (including phenoxy) is 1. The molecule has 3 rings (SSSR count). The Balaban J connectivity index is 1.31. The predicted molar refractivity (Wildman–Crippen MR) is 98.1 cm³/mol. The monoisotopic (exact) mass is 367 g/mol. The first kappa shape index (κ1) is 19.4. The number of likely N-dealkylation sites (tertiary alicyclic amines) is 1. The van der Waals surface area contributed by atoms with E-state index in [0.717, 1.165) is 58.5 Å². The van der Waals surface area contributed by atoms with Crippen LogP contribution in [-0.4, -0.2) is 66.9 Å². The average molecular weight is 367 g/mol. The molecule has 3 aliphatic rings. The molecule has 0 aromatic heterocycles. The number of carbonyl (C=O) groups is 2. The Bertz CT molecular complexity index is 465. The van der Waals surface area contributed by atoms with Gasteiger partial charge in [-0.25, -0.2) is 4.79 Å². The van der Waals surface area contributed by atoms with Gasteiger partial charge in [0.1, 0.15) is 0 Å². The number of amides is 2. The molecule has 0 unspecified atom stereocenters. The molecule has 2 aliphatic heterocycles. The number of nitrogens with zero attached hydrogens (tertiary/aromatic N) is 1. The molecule has 3 fully saturated rings. The van der Waals surface area contributed by atoms with Gasteiger partial charge in [0.15, 0.2) is 0 Å². The first-order valence-corrected chi connectivity index (χ1v) is 10.2. The molecule has 0 spiro atoms. The van der Waals surface area contributed by atoms with E-state index in [-0.39, 0.29) is 24.1 Å². The Morgan fingerprint density at radius 3 is 2.27 bits per heavy atom. The molecule has 148 valence electrons. The number of carboxylic acids is 1. The summed E-state index contributed by atoms with van der Waals surface area (Å²) in [6.45, 7) is 4.54. The third-order valence-electron chi connectivity index (χ3n) is 6.16. The number of rotatable bonds is 5. The van der Waals surface area contributed by atoms with Gasteiger partial charge in [-0.05, 0) is 70.4 Å². The van der Waals surface area contributed by atoms with E-state index in [2.05, 4.69) is 10.6 Å². The summed E-state index contributed by atoms with van der Waals surface area (Å²) in [6, 6.07) is 0.118. The van der Waals surface area contributed by atoms with E-state index < -0.39 is 5.97 Å². The van der Waals surface area contributed by atoms with Gasteiger partial charge in [-0.2, -0.15) is 0 Å². The molecule has 0 bridgehead atoms. The summed E-state index contributed by atoms with van der Waals surface area (Å²) in [5, 5.41) is 15.5. The molecule has 2 amide bonds. The van der Waals surface area contributed by atoms with Crippen molar-refractivity contribution in [2.45, 2.75) is 63.5 Å². The topological polar surface area (TPSA) is 90.9 Å². The average Bonchev–Trinajstić information content (AvgIpc) is 2.68. The number of carbonyl (C=O) groups excluding carboxylic acids is 1. The van der Waals surface area contributed by atoms with E-state index in [1.165, 1.54) is 12.8 Å². The van der Waals surface area contributed by atoms with E-state index in [9.17, 15) is 9.59 Å². The van der Waals surface area contributed by atoms with Gasteiger partial charge in [0.05, 0.1) is 12.0 Å². The van der Waals surface area contributed by atoms with Gasteiger partial charge in [0.2, 0.25) is 0 Å². The normalized spacial score (nSPS) is 28.7. The molecule has 2 heterocycles. The molecule has 0 aromatic rings. The minimum Gasteiger partial charge on any atom is -0.481 e. The van der Waals surface area contributed by atoms with Crippen LogP contribution < -0.4 is 10.6 Å². The second-order valence-electron chi connectivity index (χ2n) is 8.05. The minimum absolute atomic E-state index is 0.000537. The SMILES string of the molecule is O=C(N[C@H]1CC[C@H](C(=O)O)CC1)N1CCC(OCC2CCNCC2)CC1. The molecule has 1 saturated carbocycles. The Labute approximate surface area is 155 Å². The van der Waals surface area contributed by atoms with Crippen molar-refractivity contribution in [1.29, 1.82) is 0 Å². The number of hydrogen-bond donors (Lipinski definition) is 3. The first-order valence-electron chi connectivity index (χ1n) is 10.2. The highest BCUT2D eigenvalue weighted by Gasteiger charge is 2.29. The zero-order chi connectivity index (χ0) is 18.4. The Hall–Kier alpha value is -1.34. The van der Waals surface area contributed by atoms with Crippen molar-refractivity contribution in [3.05, 3.63) is 0 Å². The van der Waals surface area contributed by atoms with Crippen LogP contribution in [0, 0.1) is 11.8 Å². The quantitative estimate of drug-likeness (QED) is 0.689. The Morgan fingerprint density at radius 2 is 1.65 bits per heavy atom. The number of piperidine rings is 2. The molecular weight excluding hydrogens is 334 g/mol. The second-order valence-corrected chi connectivity index (χ2v) is 8.05. The molecule has 7 nitrogen and oxygen atoms in total. The van der Waals surface area contributed by atoms with Gasteiger partial charge in [0, 0.05) is 25.7 Å². The van der Waals surface area contributed by atoms with Gasteiger partial charge in [-0.15, -0.1) is 0 Å². The predicted octanol–water partition coefficient (Wildman–Crippen LogP) is 1.82. The third kappa shape index (κ3) is 5.58. The van der Waals surface area contributed by atoms with E-state index in [1.807, 2.05) is 4.90 Å². The van der Waals surface area contributed by atoms with Crippen molar-refractivity contribution in [2.75, 3.05) is 32.8 Å². The fourth-order valence-electron chi connectivity index (χ4n) is 4.30. The molecule has 3 N–H and O–H groups in total. The van der Waals surface area contributed by atoms with Gasteiger partial charge in [0.25, 0.3) is 0 Å². The van der Waals surface area contributed by atoms with Crippen LogP contribution in [0.3, 0.4) is 0 Å². The number of carboxylic acid groups (broad SMARTS) is 1. The van der Waals surface area contributed by atoms with Crippen molar-refractivity contribution in [1.82, 2.24) is 15.5 Å². The summed E-state index contributed by atoms with van der Waals surface area (Å²) >= 11 is 0. The number of nitrogens with one attached hydrogen (secondary N) is 2. The van der Waals surface area contributed by atoms with Crippen LogP contribution in [0.1, 0.15) is 51.4 Å². The maximum Gasteiger partial charge on any atom is 0.317 e. The lowest BCUT2D eigenvalue weighted by molar-refractivity contribution is -0.142. The smallest absolute Gasteiger partial charge is 0.317 e. The fourth-order valence-corrected chi connectivity index (χ4v) is 4.30. The van der Waals surface area contributed by atoms with E-state index in [0.29, 0.717) is 18.8 Å². The third-order valence-corrected chi connectivity index (χ3v) is 6.16. The number of urea groups is 1. The fraction of sp³-hybridized carbons (Fsp3) is 0.895. The molecule has 1 aliphatic carbocycles. The van der Waals surface area contributed by atoms with E-state index in [4.69, 9.17) is 9.84 Å². The Morgan fingerprint density at radius 1 is 1.00 bits per heavy atom. The van der Waals surface area contributed by atoms with Crippen molar-refractivity contribution in [2.24, 2.45) is 11.8 Å². The van der Waals surface area contributed by atoms with Gasteiger partial charge >= 0.3 is 12.0 Å². The van der Waals surface area contributed by atoms with E-state index in [1.54, 1.807) is 0 Å². The van der Waals surface area contributed by atoms with Crippen LogP contribution in [0.2, 0.25) is 0 Å². The molecule has 0 radical (unpaired) electrons. The lowest BCUT2D eigenvalue weighted by Crippen LogP contribution is -2.49. The first-order chi connectivity index (χ1) is 12.6. The van der Waals surface area contributed by atoms with Crippen LogP contribution in [0.15, 0.2) is 0 Å². The summed E-state index contributed by atoms with van der Waals surface area (Å²) in [4.78, 5) is 25.3. The van der Waals surface area contributed by atoms with Gasteiger partial charge in [-0.1, -0.05) is 0 Å². The van der Waals surface area contributed by atoms with Crippen LogP contribution in [0.4, 0.5) is 4.79 Å². The van der Waals surface area contributed by atoms with Crippen molar-refractivity contribution < 1.29 is 19.4 Å². The summed E-state index contributed by atoms with van der Waals surface area (Å²) < 4.78 is 6.09. The summed E-state index contributed by atoms with van der Waals surface area (Å²) in [5.41, 5.74) is 0.